The lowest BCUT2D eigenvalue weighted by Gasteiger charge is -2.30. The van der Waals surface area contributed by atoms with Gasteiger partial charge in [-0.1, -0.05) is 0 Å². The molecule has 2 aromatic carbocycles. The molecule has 9 N–H and O–H groups in total. The number of aromatic hydroxyl groups is 6. The maximum Gasteiger partial charge on any atom is 0.338 e. The van der Waals surface area contributed by atoms with Crippen molar-refractivity contribution in [2.24, 2.45) is 0 Å². The average Bonchev–Trinajstić information content (AvgIpc) is 2.80. The Balaban J connectivity index is 2.02. The van der Waals surface area contributed by atoms with Crippen LogP contribution < -0.4 is 0 Å². The van der Waals surface area contributed by atoms with Crippen molar-refractivity contribution in [2.75, 3.05) is 13.2 Å². The van der Waals surface area contributed by atoms with Crippen molar-refractivity contribution in [3.05, 3.63) is 35.4 Å². The Bertz CT molecular complexity index is 1050. The van der Waals surface area contributed by atoms with Gasteiger partial charge in [-0.15, -0.1) is 0 Å². The highest BCUT2D eigenvalue weighted by atomic mass is 16.6. The second-order valence-electron chi connectivity index (χ2n) is 7.02. The normalized spacial score (nSPS) is 14.4. The first-order valence-corrected chi connectivity index (χ1v) is 9.19. The number of phenols is 6. The van der Waals surface area contributed by atoms with Crippen molar-refractivity contribution >= 4 is 18.2 Å². The molecule has 14 nitrogen and oxygen atoms in total. The van der Waals surface area contributed by atoms with Gasteiger partial charge in [0.2, 0.25) is 0 Å². The number of aldehydes is 1. The highest BCUT2D eigenvalue weighted by molar-refractivity contribution is 5.91. The molecule has 184 valence electrons. The Morgan fingerprint density at radius 1 is 0.794 bits per heavy atom. The molecule has 0 fully saturated rings. The van der Waals surface area contributed by atoms with Gasteiger partial charge in [0.1, 0.15) is 25.4 Å². The van der Waals surface area contributed by atoms with Crippen LogP contribution in [0.25, 0.3) is 0 Å². The van der Waals surface area contributed by atoms with Crippen molar-refractivity contribution < 1.29 is 69.8 Å². The second-order valence-corrected chi connectivity index (χ2v) is 7.02. The van der Waals surface area contributed by atoms with E-state index in [1.807, 2.05) is 0 Å². The lowest BCUT2D eigenvalue weighted by molar-refractivity contribution is -0.163. The third kappa shape index (κ3) is 5.55. The molecule has 2 aromatic rings. The summed E-state index contributed by atoms with van der Waals surface area (Å²) in [6.07, 6.45) is -4.70. The first kappa shape index (κ1) is 26.0. The third-order valence-corrected chi connectivity index (χ3v) is 4.51. The Morgan fingerprint density at radius 3 is 1.56 bits per heavy atom. The van der Waals surface area contributed by atoms with Crippen LogP contribution in [0.1, 0.15) is 20.7 Å². The third-order valence-electron chi connectivity index (χ3n) is 4.51. The molecule has 14 heteroatoms. The number of ether oxygens (including phenoxy) is 2. The molecule has 34 heavy (non-hydrogen) atoms. The smallest absolute Gasteiger partial charge is 0.338 e. The number of esters is 2. The van der Waals surface area contributed by atoms with E-state index >= 15 is 0 Å². The van der Waals surface area contributed by atoms with Gasteiger partial charge in [-0.2, -0.15) is 0 Å². The van der Waals surface area contributed by atoms with Crippen LogP contribution in [0.5, 0.6) is 34.5 Å². The minimum atomic E-state index is -2.89. The number of carbonyl (C=O) groups excluding carboxylic acids is 3. The topological polar surface area (TPSA) is 252 Å². The fourth-order valence-corrected chi connectivity index (χ4v) is 2.57. The molecule has 0 heterocycles. The molecule has 0 saturated heterocycles. The number of hydrogen-bond acceptors (Lipinski definition) is 14. The Kier molecular flexibility index (Phi) is 7.73. The van der Waals surface area contributed by atoms with Crippen LogP contribution >= 0.6 is 0 Å². The lowest BCUT2D eigenvalue weighted by atomic mass is 9.95. The van der Waals surface area contributed by atoms with E-state index in [4.69, 9.17) is 0 Å². The Labute approximate surface area is 189 Å². The zero-order chi connectivity index (χ0) is 25.8. The summed E-state index contributed by atoms with van der Waals surface area (Å²) in [6.45, 7) is -2.23. The molecular weight excluding hydrogens is 464 g/mol. The predicted molar refractivity (Wildman–Crippen MR) is 106 cm³/mol. The van der Waals surface area contributed by atoms with E-state index < -0.39 is 88.6 Å². The van der Waals surface area contributed by atoms with Gasteiger partial charge in [-0.3, -0.25) is 4.79 Å². The molecule has 0 aromatic heterocycles. The molecule has 3 unspecified atom stereocenters. The van der Waals surface area contributed by atoms with E-state index in [1.165, 1.54) is 0 Å². The SMILES string of the molecule is O=CC(O)(COC(=O)c1cc(O)c(O)c(O)c1)C(O)C(O)COC(=O)c1cc(O)c(O)c(O)c1. The molecule has 0 aliphatic carbocycles. The zero-order valence-corrected chi connectivity index (χ0v) is 17.0. The molecular formula is C20H20O14. The van der Waals surface area contributed by atoms with Crippen molar-refractivity contribution in [3.63, 3.8) is 0 Å². The summed E-state index contributed by atoms with van der Waals surface area (Å²) in [4.78, 5) is 35.3. The molecule has 0 bridgehead atoms. The summed E-state index contributed by atoms with van der Waals surface area (Å²) in [5, 5.41) is 86.6. The number of hydrogen-bond donors (Lipinski definition) is 9. The van der Waals surface area contributed by atoms with Gasteiger partial charge in [-0.25, -0.2) is 9.59 Å². The highest BCUT2D eigenvalue weighted by Crippen LogP contribution is 2.36. The van der Waals surface area contributed by atoms with E-state index in [0.717, 1.165) is 12.1 Å². The largest absolute Gasteiger partial charge is 0.504 e. The van der Waals surface area contributed by atoms with Crippen molar-refractivity contribution in [1.82, 2.24) is 0 Å². The van der Waals surface area contributed by atoms with Crippen LogP contribution in [0.2, 0.25) is 0 Å². The predicted octanol–water partition coefficient (Wildman–Crippen LogP) is -1.41. The van der Waals surface area contributed by atoms with Gasteiger partial charge in [0.15, 0.2) is 46.4 Å². The molecule has 2 rings (SSSR count). The molecule has 0 amide bonds. The Morgan fingerprint density at radius 2 is 1.18 bits per heavy atom. The van der Waals surface area contributed by atoms with Crippen molar-refractivity contribution in [1.29, 1.82) is 0 Å². The van der Waals surface area contributed by atoms with E-state index in [1.54, 1.807) is 0 Å². The summed E-state index contributed by atoms with van der Waals surface area (Å²) in [7, 11) is 0. The maximum absolute atomic E-state index is 12.0. The van der Waals surface area contributed by atoms with Crippen LogP contribution in [0.3, 0.4) is 0 Å². The fraction of sp³-hybridized carbons (Fsp3) is 0.250. The molecule has 0 aliphatic rings. The zero-order valence-electron chi connectivity index (χ0n) is 17.0. The number of aliphatic hydroxyl groups excluding tert-OH is 2. The van der Waals surface area contributed by atoms with E-state index in [2.05, 4.69) is 9.47 Å². The quantitative estimate of drug-likeness (QED) is 0.113. The summed E-state index contributed by atoms with van der Waals surface area (Å²) >= 11 is 0. The minimum Gasteiger partial charge on any atom is -0.504 e. The van der Waals surface area contributed by atoms with Gasteiger partial charge in [-0.05, 0) is 24.3 Å². The average molecular weight is 484 g/mol. The first-order valence-electron chi connectivity index (χ1n) is 9.19. The summed E-state index contributed by atoms with van der Waals surface area (Å²) < 4.78 is 9.32. The molecule has 0 saturated carbocycles. The summed E-state index contributed by atoms with van der Waals surface area (Å²) in [5.74, 6) is -7.77. The maximum atomic E-state index is 12.0. The summed E-state index contributed by atoms with van der Waals surface area (Å²) in [6, 6.07) is 2.89. The minimum absolute atomic E-state index is 0.252. The van der Waals surface area contributed by atoms with Gasteiger partial charge in [0.05, 0.1) is 11.1 Å². The second kappa shape index (κ2) is 10.1. The molecule has 0 radical (unpaired) electrons. The van der Waals surface area contributed by atoms with E-state index in [9.17, 15) is 60.3 Å². The van der Waals surface area contributed by atoms with Gasteiger partial charge in [0.25, 0.3) is 0 Å². The number of phenolic OH excluding ortho intramolecular Hbond substituents is 6. The molecule has 0 aliphatic heterocycles. The number of rotatable bonds is 9. The number of aliphatic hydroxyl groups is 3. The fourth-order valence-electron chi connectivity index (χ4n) is 2.57. The van der Waals surface area contributed by atoms with Crippen LogP contribution in [0, 0.1) is 0 Å². The lowest BCUT2D eigenvalue weighted by Crippen LogP contribution is -2.55. The van der Waals surface area contributed by atoms with Crippen LogP contribution in [-0.2, 0) is 14.3 Å². The summed E-state index contributed by atoms with van der Waals surface area (Å²) in [5.41, 5.74) is -3.84. The molecule has 3 atom stereocenters. The van der Waals surface area contributed by atoms with Gasteiger partial charge in [0, 0.05) is 0 Å². The van der Waals surface area contributed by atoms with Crippen LogP contribution in [-0.4, -0.2) is 95.2 Å². The molecule has 0 spiro atoms. The highest BCUT2D eigenvalue weighted by Gasteiger charge is 2.42. The Hall–Kier alpha value is -4.27. The number of carbonyl (C=O) groups is 3. The van der Waals surface area contributed by atoms with Crippen LogP contribution in [0.15, 0.2) is 24.3 Å². The number of benzene rings is 2. The monoisotopic (exact) mass is 484 g/mol. The van der Waals surface area contributed by atoms with Crippen molar-refractivity contribution in [2.45, 2.75) is 17.8 Å². The van der Waals surface area contributed by atoms with E-state index in [0.29, 0.717) is 12.1 Å². The van der Waals surface area contributed by atoms with Gasteiger partial charge < -0.3 is 55.4 Å². The van der Waals surface area contributed by atoms with Crippen LogP contribution in [0.4, 0.5) is 0 Å². The van der Waals surface area contributed by atoms with Gasteiger partial charge >= 0.3 is 11.9 Å². The first-order chi connectivity index (χ1) is 15.8. The van der Waals surface area contributed by atoms with E-state index in [-0.39, 0.29) is 6.29 Å². The van der Waals surface area contributed by atoms with Crippen molar-refractivity contribution in [3.8, 4) is 34.5 Å². The standard InChI is InChI=1S/C20H20O14/c21-6-20(32,7-34-19(31)9-3-12(24)16(28)13(25)4-9)17(29)14(26)5-33-18(30)8-1-10(22)15(27)11(23)2-8/h1-4,6,14,17,22-29,32H,5,7H2.